The third-order valence-electron chi connectivity index (χ3n) is 5.61. The van der Waals surface area contributed by atoms with Crippen molar-refractivity contribution in [3.63, 3.8) is 0 Å². The summed E-state index contributed by atoms with van der Waals surface area (Å²) in [7, 11) is 4.42. The van der Waals surface area contributed by atoms with E-state index < -0.39 is 0 Å². The molecule has 0 bridgehead atoms. The van der Waals surface area contributed by atoms with Crippen LogP contribution < -0.4 is 14.2 Å². The van der Waals surface area contributed by atoms with Crippen LogP contribution in [-0.4, -0.2) is 55.0 Å². The average Bonchev–Trinajstić information content (AvgIpc) is 2.71. The van der Waals surface area contributed by atoms with Crippen molar-refractivity contribution in [1.29, 1.82) is 0 Å². The van der Waals surface area contributed by atoms with E-state index >= 15 is 0 Å². The molecule has 2 aromatic carbocycles. The Morgan fingerprint density at radius 3 is 2.18 bits per heavy atom. The van der Waals surface area contributed by atoms with Crippen LogP contribution in [0.2, 0.25) is 0 Å². The van der Waals surface area contributed by atoms with Gasteiger partial charge in [0.15, 0.2) is 23.0 Å². The standard InChI is InChI=1S/C21H26O7/c1-26-18-7-11(4-5-16(18)24)19-13-8-17(25)21(28-3)20(27-2)14(13)6-12(9-22)15(19)10-23/h4-5,7-8,12,15,19,22-25H,6,9-10H2,1-3H3/t12-,15-,19-/m1/s1. The molecule has 152 valence electrons. The van der Waals surface area contributed by atoms with Crippen LogP contribution in [0, 0.1) is 11.8 Å². The summed E-state index contributed by atoms with van der Waals surface area (Å²) in [5.74, 6) is 0.0718. The first kappa shape index (κ1) is 20.1. The Balaban J connectivity index is 2.27. The smallest absolute Gasteiger partial charge is 0.203 e. The number of aliphatic hydroxyl groups excluding tert-OH is 2. The highest BCUT2D eigenvalue weighted by Gasteiger charge is 2.40. The third-order valence-corrected chi connectivity index (χ3v) is 5.61. The average molecular weight is 390 g/mol. The summed E-state index contributed by atoms with van der Waals surface area (Å²) >= 11 is 0. The minimum atomic E-state index is -0.342. The zero-order valence-corrected chi connectivity index (χ0v) is 16.2. The van der Waals surface area contributed by atoms with Crippen molar-refractivity contribution < 1.29 is 34.6 Å². The molecule has 0 aromatic heterocycles. The topological polar surface area (TPSA) is 109 Å². The summed E-state index contributed by atoms with van der Waals surface area (Å²) in [5, 5.41) is 40.5. The second-order valence-corrected chi connectivity index (χ2v) is 6.93. The van der Waals surface area contributed by atoms with Crippen LogP contribution in [0.4, 0.5) is 0 Å². The van der Waals surface area contributed by atoms with E-state index in [0.29, 0.717) is 17.9 Å². The SMILES string of the molecule is COc1cc([C@@H]2c3cc(O)c(OC)c(OC)c3C[C@H](CO)[C@H]2CO)ccc1O. The maximum Gasteiger partial charge on any atom is 0.203 e. The van der Waals surface area contributed by atoms with Crippen LogP contribution in [0.3, 0.4) is 0 Å². The van der Waals surface area contributed by atoms with Gasteiger partial charge in [0, 0.05) is 24.7 Å². The van der Waals surface area contributed by atoms with Gasteiger partial charge < -0.3 is 34.6 Å². The van der Waals surface area contributed by atoms with Crippen molar-refractivity contribution >= 4 is 0 Å². The van der Waals surface area contributed by atoms with Crippen LogP contribution in [-0.2, 0) is 6.42 Å². The molecular weight excluding hydrogens is 364 g/mol. The van der Waals surface area contributed by atoms with E-state index in [-0.39, 0.29) is 48.2 Å². The third kappa shape index (κ3) is 3.21. The van der Waals surface area contributed by atoms with Gasteiger partial charge in [-0.05, 0) is 47.6 Å². The summed E-state index contributed by atoms with van der Waals surface area (Å²) in [6.07, 6.45) is 0.475. The lowest BCUT2D eigenvalue weighted by atomic mass is 9.66. The minimum absolute atomic E-state index is 0.0108. The highest BCUT2D eigenvalue weighted by Crippen LogP contribution is 2.52. The maximum atomic E-state index is 10.5. The second-order valence-electron chi connectivity index (χ2n) is 6.93. The summed E-state index contributed by atoms with van der Waals surface area (Å²) in [4.78, 5) is 0. The minimum Gasteiger partial charge on any atom is -0.504 e. The number of phenolic OH excluding ortho intramolecular Hbond substituents is 2. The Kier molecular flexibility index (Phi) is 5.86. The fraction of sp³-hybridized carbons (Fsp3) is 0.429. The number of fused-ring (bicyclic) bond motifs is 1. The van der Waals surface area contributed by atoms with E-state index in [1.165, 1.54) is 27.4 Å². The van der Waals surface area contributed by atoms with E-state index in [1.54, 1.807) is 18.2 Å². The number of hydrogen-bond donors (Lipinski definition) is 4. The van der Waals surface area contributed by atoms with Gasteiger partial charge in [-0.3, -0.25) is 0 Å². The molecule has 0 saturated heterocycles. The van der Waals surface area contributed by atoms with Gasteiger partial charge in [-0.15, -0.1) is 0 Å². The van der Waals surface area contributed by atoms with Gasteiger partial charge in [-0.2, -0.15) is 0 Å². The zero-order valence-electron chi connectivity index (χ0n) is 16.2. The molecule has 4 N–H and O–H groups in total. The molecule has 0 heterocycles. The molecule has 0 aliphatic heterocycles. The van der Waals surface area contributed by atoms with Gasteiger partial charge >= 0.3 is 0 Å². The molecular formula is C21H26O7. The van der Waals surface area contributed by atoms with E-state index in [9.17, 15) is 20.4 Å². The Morgan fingerprint density at radius 2 is 1.61 bits per heavy atom. The van der Waals surface area contributed by atoms with Crippen molar-refractivity contribution in [3.8, 4) is 28.7 Å². The molecule has 3 atom stereocenters. The van der Waals surface area contributed by atoms with Gasteiger partial charge in [-0.25, -0.2) is 0 Å². The number of methoxy groups -OCH3 is 3. The molecule has 7 heteroatoms. The van der Waals surface area contributed by atoms with Crippen molar-refractivity contribution in [1.82, 2.24) is 0 Å². The monoisotopic (exact) mass is 390 g/mol. The number of hydrogen-bond acceptors (Lipinski definition) is 7. The molecule has 28 heavy (non-hydrogen) atoms. The summed E-state index contributed by atoms with van der Waals surface area (Å²) in [6, 6.07) is 6.62. The number of aliphatic hydroxyl groups is 2. The molecule has 0 amide bonds. The Labute approximate surface area is 163 Å². The predicted octanol–water partition coefficient (Wildman–Crippen LogP) is 2.03. The summed E-state index contributed by atoms with van der Waals surface area (Å²) < 4.78 is 16.1. The Hall–Kier alpha value is -2.64. The Morgan fingerprint density at radius 1 is 0.893 bits per heavy atom. The van der Waals surface area contributed by atoms with Gasteiger partial charge in [-0.1, -0.05) is 6.07 Å². The highest BCUT2D eigenvalue weighted by molar-refractivity contribution is 5.62. The molecule has 1 aliphatic carbocycles. The lowest BCUT2D eigenvalue weighted by molar-refractivity contribution is 0.100. The zero-order chi connectivity index (χ0) is 20.4. The second kappa shape index (κ2) is 8.16. The summed E-state index contributed by atoms with van der Waals surface area (Å²) in [6.45, 7) is -0.254. The van der Waals surface area contributed by atoms with Crippen LogP contribution in [0.5, 0.6) is 28.7 Å². The number of ether oxygens (including phenoxy) is 3. The van der Waals surface area contributed by atoms with Crippen molar-refractivity contribution in [3.05, 3.63) is 41.0 Å². The van der Waals surface area contributed by atoms with Gasteiger partial charge in [0.2, 0.25) is 5.75 Å². The van der Waals surface area contributed by atoms with E-state index in [2.05, 4.69) is 0 Å². The maximum absolute atomic E-state index is 10.5. The van der Waals surface area contributed by atoms with Crippen LogP contribution in [0.15, 0.2) is 24.3 Å². The number of benzene rings is 2. The molecule has 1 aliphatic rings. The van der Waals surface area contributed by atoms with Gasteiger partial charge in [0.25, 0.3) is 0 Å². The molecule has 2 aromatic rings. The molecule has 7 nitrogen and oxygen atoms in total. The van der Waals surface area contributed by atoms with Crippen LogP contribution in [0.1, 0.15) is 22.6 Å². The Bertz CT molecular complexity index is 849. The van der Waals surface area contributed by atoms with Crippen molar-refractivity contribution in [2.75, 3.05) is 34.5 Å². The lowest BCUT2D eigenvalue weighted by Gasteiger charge is -2.39. The van der Waals surface area contributed by atoms with Crippen LogP contribution in [0.25, 0.3) is 0 Å². The number of phenols is 2. The van der Waals surface area contributed by atoms with Crippen molar-refractivity contribution in [2.24, 2.45) is 11.8 Å². The highest BCUT2D eigenvalue weighted by atomic mass is 16.5. The van der Waals surface area contributed by atoms with Crippen LogP contribution >= 0.6 is 0 Å². The first-order chi connectivity index (χ1) is 13.5. The van der Waals surface area contributed by atoms with E-state index in [4.69, 9.17) is 14.2 Å². The normalized spacial score (nSPS) is 21.1. The fourth-order valence-corrected chi connectivity index (χ4v) is 4.27. The molecule has 3 rings (SSSR count). The first-order valence-corrected chi connectivity index (χ1v) is 9.05. The van der Waals surface area contributed by atoms with Crippen molar-refractivity contribution in [2.45, 2.75) is 12.3 Å². The molecule has 0 spiro atoms. The quantitative estimate of drug-likeness (QED) is 0.598. The van der Waals surface area contributed by atoms with Gasteiger partial charge in [0.1, 0.15) is 0 Å². The predicted molar refractivity (Wildman–Crippen MR) is 103 cm³/mol. The first-order valence-electron chi connectivity index (χ1n) is 9.05. The molecule has 0 unspecified atom stereocenters. The molecule has 0 radical (unpaired) electrons. The largest absolute Gasteiger partial charge is 0.504 e. The summed E-state index contributed by atoms with van der Waals surface area (Å²) in [5.41, 5.74) is 2.39. The van der Waals surface area contributed by atoms with E-state index in [1.807, 2.05) is 0 Å². The number of rotatable bonds is 6. The fourth-order valence-electron chi connectivity index (χ4n) is 4.27. The molecule has 0 fully saturated rings. The lowest BCUT2D eigenvalue weighted by Crippen LogP contribution is -2.35. The number of aromatic hydroxyl groups is 2. The van der Waals surface area contributed by atoms with E-state index in [0.717, 1.165) is 16.7 Å². The molecule has 0 saturated carbocycles. The van der Waals surface area contributed by atoms with Gasteiger partial charge in [0.05, 0.1) is 21.3 Å².